The SMILES string of the molecule is C=CCCCCCC(=O)Cc1ccccc1C. The molecule has 1 aromatic carbocycles. The summed E-state index contributed by atoms with van der Waals surface area (Å²) in [5.74, 6) is 0.359. The van der Waals surface area contributed by atoms with E-state index in [1.54, 1.807) is 0 Å². The van der Waals surface area contributed by atoms with Crippen LogP contribution in [0.1, 0.15) is 43.2 Å². The second-order valence-corrected chi connectivity index (χ2v) is 4.53. The van der Waals surface area contributed by atoms with Gasteiger partial charge in [-0.2, -0.15) is 0 Å². The van der Waals surface area contributed by atoms with Gasteiger partial charge < -0.3 is 0 Å². The Labute approximate surface area is 105 Å². The molecule has 0 aliphatic carbocycles. The largest absolute Gasteiger partial charge is 0.299 e. The topological polar surface area (TPSA) is 17.1 Å². The van der Waals surface area contributed by atoms with Crippen molar-refractivity contribution < 1.29 is 4.79 Å². The molecule has 0 saturated carbocycles. The van der Waals surface area contributed by atoms with Crippen molar-refractivity contribution in [3.63, 3.8) is 0 Å². The number of benzene rings is 1. The van der Waals surface area contributed by atoms with Gasteiger partial charge in [0.05, 0.1) is 0 Å². The molecule has 0 heterocycles. The van der Waals surface area contributed by atoms with Crippen molar-refractivity contribution in [3.05, 3.63) is 48.0 Å². The zero-order valence-corrected chi connectivity index (χ0v) is 10.7. The highest BCUT2D eigenvalue weighted by atomic mass is 16.1. The van der Waals surface area contributed by atoms with Crippen LogP contribution in [0.4, 0.5) is 0 Å². The Morgan fingerprint density at radius 1 is 1.24 bits per heavy atom. The normalized spacial score (nSPS) is 10.2. The van der Waals surface area contributed by atoms with Gasteiger partial charge in [0.15, 0.2) is 0 Å². The van der Waals surface area contributed by atoms with Gasteiger partial charge in [0, 0.05) is 12.8 Å². The van der Waals surface area contributed by atoms with E-state index in [9.17, 15) is 4.79 Å². The van der Waals surface area contributed by atoms with E-state index < -0.39 is 0 Å². The zero-order chi connectivity index (χ0) is 12.5. The summed E-state index contributed by atoms with van der Waals surface area (Å²) >= 11 is 0. The van der Waals surface area contributed by atoms with E-state index in [0.29, 0.717) is 18.6 Å². The first kappa shape index (κ1) is 13.7. The van der Waals surface area contributed by atoms with E-state index in [0.717, 1.165) is 25.7 Å². The third-order valence-corrected chi connectivity index (χ3v) is 3.01. The second-order valence-electron chi connectivity index (χ2n) is 4.53. The van der Waals surface area contributed by atoms with Crippen LogP contribution in [0, 0.1) is 6.92 Å². The van der Waals surface area contributed by atoms with E-state index in [2.05, 4.69) is 19.6 Å². The fraction of sp³-hybridized carbons (Fsp3) is 0.438. The van der Waals surface area contributed by atoms with E-state index in [-0.39, 0.29) is 0 Å². The molecule has 17 heavy (non-hydrogen) atoms. The Morgan fingerprint density at radius 3 is 2.71 bits per heavy atom. The van der Waals surface area contributed by atoms with Gasteiger partial charge in [-0.3, -0.25) is 4.79 Å². The van der Waals surface area contributed by atoms with E-state index in [1.807, 2.05) is 24.3 Å². The number of hydrogen-bond acceptors (Lipinski definition) is 1. The number of carbonyl (C=O) groups is 1. The van der Waals surface area contributed by atoms with Gasteiger partial charge in [0.25, 0.3) is 0 Å². The number of aryl methyl sites for hydroxylation is 1. The highest BCUT2D eigenvalue weighted by Gasteiger charge is 2.05. The molecule has 0 unspecified atom stereocenters. The van der Waals surface area contributed by atoms with Crippen molar-refractivity contribution in [2.45, 2.75) is 45.4 Å². The quantitative estimate of drug-likeness (QED) is 0.482. The number of rotatable bonds is 8. The Kier molecular flexibility index (Phi) is 6.31. The summed E-state index contributed by atoms with van der Waals surface area (Å²) in [6, 6.07) is 8.12. The smallest absolute Gasteiger partial charge is 0.137 e. The first-order valence-electron chi connectivity index (χ1n) is 6.41. The average molecular weight is 230 g/mol. The summed E-state index contributed by atoms with van der Waals surface area (Å²) < 4.78 is 0. The predicted octanol–water partition coefficient (Wildman–Crippen LogP) is 4.24. The second kappa shape index (κ2) is 7.83. The van der Waals surface area contributed by atoms with Crippen LogP contribution < -0.4 is 0 Å². The molecule has 1 heteroatoms. The lowest BCUT2D eigenvalue weighted by atomic mass is 10.0. The first-order chi connectivity index (χ1) is 8.24. The summed E-state index contributed by atoms with van der Waals surface area (Å²) in [7, 11) is 0. The Balaban J connectivity index is 2.25. The lowest BCUT2D eigenvalue weighted by molar-refractivity contribution is -0.118. The number of ketones is 1. The van der Waals surface area contributed by atoms with Crippen LogP contribution in [0.15, 0.2) is 36.9 Å². The van der Waals surface area contributed by atoms with Crippen LogP contribution in [0.2, 0.25) is 0 Å². The van der Waals surface area contributed by atoms with Crippen LogP contribution in [0.5, 0.6) is 0 Å². The number of Topliss-reactive ketones (excluding diaryl/α,β-unsaturated/α-hetero) is 1. The molecule has 0 saturated heterocycles. The molecule has 0 spiro atoms. The Hall–Kier alpha value is -1.37. The minimum atomic E-state index is 0.359. The monoisotopic (exact) mass is 230 g/mol. The average Bonchev–Trinajstić information content (AvgIpc) is 2.32. The van der Waals surface area contributed by atoms with Crippen molar-refractivity contribution in [1.82, 2.24) is 0 Å². The number of carbonyl (C=O) groups excluding carboxylic acids is 1. The standard InChI is InChI=1S/C16H22O/c1-3-4-5-6-7-12-16(17)13-15-11-9-8-10-14(15)2/h3,8-11H,1,4-7,12-13H2,2H3. The molecular weight excluding hydrogens is 208 g/mol. The molecule has 0 aromatic heterocycles. The van der Waals surface area contributed by atoms with Gasteiger partial charge in [-0.1, -0.05) is 36.8 Å². The third-order valence-electron chi connectivity index (χ3n) is 3.01. The Bertz CT molecular complexity index is 366. The van der Waals surface area contributed by atoms with Gasteiger partial charge in [-0.15, -0.1) is 6.58 Å². The first-order valence-corrected chi connectivity index (χ1v) is 6.41. The van der Waals surface area contributed by atoms with Gasteiger partial charge in [0.2, 0.25) is 0 Å². The highest BCUT2D eigenvalue weighted by molar-refractivity contribution is 5.81. The molecule has 1 aromatic rings. The van der Waals surface area contributed by atoms with Crippen LogP contribution in [-0.4, -0.2) is 5.78 Å². The lowest BCUT2D eigenvalue weighted by Gasteiger charge is -2.04. The number of allylic oxidation sites excluding steroid dienone is 1. The molecule has 0 aliphatic rings. The predicted molar refractivity (Wildman–Crippen MR) is 73.2 cm³/mol. The highest BCUT2D eigenvalue weighted by Crippen LogP contribution is 2.11. The van der Waals surface area contributed by atoms with Crippen molar-refractivity contribution in [1.29, 1.82) is 0 Å². The number of unbranched alkanes of at least 4 members (excludes halogenated alkanes) is 3. The maximum absolute atomic E-state index is 11.8. The molecule has 0 amide bonds. The Morgan fingerprint density at radius 2 is 2.00 bits per heavy atom. The maximum atomic E-state index is 11.8. The molecule has 0 radical (unpaired) electrons. The molecule has 0 bridgehead atoms. The number of hydrogen-bond donors (Lipinski definition) is 0. The van der Waals surface area contributed by atoms with Crippen LogP contribution in [0.3, 0.4) is 0 Å². The van der Waals surface area contributed by atoms with Crippen LogP contribution >= 0.6 is 0 Å². The van der Waals surface area contributed by atoms with Crippen molar-refractivity contribution >= 4 is 5.78 Å². The summed E-state index contributed by atoms with van der Waals surface area (Å²) in [6.07, 6.45) is 7.60. The van der Waals surface area contributed by atoms with Crippen molar-refractivity contribution in [2.24, 2.45) is 0 Å². The molecule has 92 valence electrons. The summed E-state index contributed by atoms with van der Waals surface area (Å²) in [6.45, 7) is 5.75. The maximum Gasteiger partial charge on any atom is 0.137 e. The fourth-order valence-electron chi connectivity index (χ4n) is 1.90. The van der Waals surface area contributed by atoms with Crippen LogP contribution in [0.25, 0.3) is 0 Å². The molecule has 1 rings (SSSR count). The van der Waals surface area contributed by atoms with E-state index >= 15 is 0 Å². The van der Waals surface area contributed by atoms with Gasteiger partial charge in [0.1, 0.15) is 5.78 Å². The molecule has 1 nitrogen and oxygen atoms in total. The van der Waals surface area contributed by atoms with E-state index in [1.165, 1.54) is 11.1 Å². The molecular formula is C16H22O. The minimum absolute atomic E-state index is 0.359. The molecule has 0 atom stereocenters. The van der Waals surface area contributed by atoms with Gasteiger partial charge in [-0.25, -0.2) is 0 Å². The molecule has 0 aliphatic heterocycles. The summed E-state index contributed by atoms with van der Waals surface area (Å²) in [4.78, 5) is 11.8. The van der Waals surface area contributed by atoms with Gasteiger partial charge >= 0.3 is 0 Å². The molecule has 0 N–H and O–H groups in total. The molecule has 0 fully saturated rings. The third kappa shape index (κ3) is 5.48. The van der Waals surface area contributed by atoms with E-state index in [4.69, 9.17) is 0 Å². The summed E-state index contributed by atoms with van der Waals surface area (Å²) in [5.41, 5.74) is 2.39. The van der Waals surface area contributed by atoms with Crippen molar-refractivity contribution in [3.8, 4) is 0 Å². The van der Waals surface area contributed by atoms with Gasteiger partial charge in [-0.05, 0) is 37.3 Å². The lowest BCUT2D eigenvalue weighted by Crippen LogP contribution is -2.03. The van der Waals surface area contributed by atoms with Crippen molar-refractivity contribution in [2.75, 3.05) is 0 Å². The minimum Gasteiger partial charge on any atom is -0.299 e. The fourth-order valence-corrected chi connectivity index (χ4v) is 1.90. The van der Waals surface area contributed by atoms with Crippen LogP contribution in [-0.2, 0) is 11.2 Å². The summed E-state index contributed by atoms with van der Waals surface area (Å²) in [5, 5.41) is 0. The zero-order valence-electron chi connectivity index (χ0n) is 10.7.